The van der Waals surface area contributed by atoms with Gasteiger partial charge in [-0.3, -0.25) is 4.79 Å². The second-order valence-corrected chi connectivity index (χ2v) is 6.44. The minimum atomic E-state index is -0.204. The average molecular weight is 371 g/mol. The van der Waals surface area contributed by atoms with Crippen LogP contribution in [-0.4, -0.2) is 15.9 Å². The fourth-order valence-corrected chi connectivity index (χ4v) is 2.74. The Hall–Kier alpha value is -3.52. The summed E-state index contributed by atoms with van der Waals surface area (Å²) < 4.78 is 5.34. The highest BCUT2D eigenvalue weighted by Crippen LogP contribution is 2.23. The van der Waals surface area contributed by atoms with Gasteiger partial charge in [0.25, 0.3) is 0 Å². The predicted molar refractivity (Wildman–Crippen MR) is 107 cm³/mol. The molecule has 140 valence electrons. The van der Waals surface area contributed by atoms with Gasteiger partial charge in [-0.25, -0.2) is 9.97 Å². The fraction of sp³-hybridized carbons (Fsp3) is 0.217. The second kappa shape index (κ2) is 9.43. The molecule has 0 aliphatic heterocycles. The largest absolute Gasteiger partial charge is 0.427 e. The van der Waals surface area contributed by atoms with E-state index in [1.165, 1.54) is 0 Å². The first-order chi connectivity index (χ1) is 13.7. The first-order valence-electron chi connectivity index (χ1n) is 9.33. The zero-order valence-corrected chi connectivity index (χ0v) is 15.8. The van der Waals surface area contributed by atoms with Crippen molar-refractivity contribution in [2.45, 2.75) is 32.6 Å². The van der Waals surface area contributed by atoms with Crippen molar-refractivity contribution in [1.82, 2.24) is 9.97 Å². The predicted octanol–water partition coefficient (Wildman–Crippen LogP) is 5.17. The van der Waals surface area contributed by atoms with Gasteiger partial charge in [0.2, 0.25) is 0 Å². The van der Waals surface area contributed by atoms with Crippen LogP contribution in [0.2, 0.25) is 0 Å². The third-order valence-corrected chi connectivity index (χ3v) is 4.33. The first-order valence-corrected chi connectivity index (χ1v) is 9.33. The van der Waals surface area contributed by atoms with E-state index in [1.54, 1.807) is 36.7 Å². The van der Waals surface area contributed by atoms with Gasteiger partial charge in [0, 0.05) is 29.9 Å². The molecule has 1 heterocycles. The molecule has 0 bridgehead atoms. The molecule has 0 N–H and O–H groups in total. The van der Waals surface area contributed by atoms with E-state index in [1.807, 2.05) is 24.3 Å². The van der Waals surface area contributed by atoms with Crippen LogP contribution in [0.1, 0.15) is 38.2 Å². The van der Waals surface area contributed by atoms with Crippen LogP contribution < -0.4 is 4.74 Å². The lowest BCUT2D eigenvalue weighted by Gasteiger charge is -2.06. The van der Waals surface area contributed by atoms with E-state index in [-0.39, 0.29) is 5.97 Å². The van der Waals surface area contributed by atoms with Gasteiger partial charge in [-0.2, -0.15) is 5.26 Å². The smallest absolute Gasteiger partial charge is 0.311 e. The summed E-state index contributed by atoms with van der Waals surface area (Å²) in [6, 6.07) is 16.6. The van der Waals surface area contributed by atoms with Crippen LogP contribution in [0.25, 0.3) is 22.5 Å². The number of nitrogens with zero attached hydrogens (tertiary/aromatic N) is 3. The second-order valence-electron chi connectivity index (χ2n) is 6.44. The molecule has 0 fully saturated rings. The van der Waals surface area contributed by atoms with E-state index in [4.69, 9.17) is 10.00 Å². The molecule has 0 amide bonds. The Bertz CT molecular complexity index is 957. The molecular formula is C23H21N3O2. The number of unbranched alkanes of at least 4 members (excludes halogenated alkanes) is 2. The summed E-state index contributed by atoms with van der Waals surface area (Å²) in [7, 11) is 0. The molecule has 0 spiro atoms. The zero-order chi connectivity index (χ0) is 19.8. The normalized spacial score (nSPS) is 10.3. The Labute approximate surface area is 164 Å². The molecule has 3 rings (SSSR count). The number of hydrogen-bond acceptors (Lipinski definition) is 5. The van der Waals surface area contributed by atoms with Gasteiger partial charge in [0.1, 0.15) is 5.75 Å². The standard InChI is InChI=1S/C23H21N3O2/c1-2-3-4-5-22(27)28-21-12-10-19(11-13-21)23-25-15-20(16-26-23)18-8-6-17(14-24)7-9-18/h6-13,15-16H,2-5H2,1H3. The SMILES string of the molecule is CCCCCC(=O)Oc1ccc(-c2ncc(-c3ccc(C#N)cc3)cn2)cc1. The molecule has 0 radical (unpaired) electrons. The van der Waals surface area contributed by atoms with E-state index in [0.717, 1.165) is 36.0 Å². The van der Waals surface area contributed by atoms with Gasteiger partial charge in [-0.1, -0.05) is 31.9 Å². The highest BCUT2D eigenvalue weighted by molar-refractivity contribution is 5.72. The minimum absolute atomic E-state index is 0.204. The van der Waals surface area contributed by atoms with Crippen LogP contribution in [-0.2, 0) is 4.79 Å². The number of benzene rings is 2. The summed E-state index contributed by atoms with van der Waals surface area (Å²) in [6.07, 6.45) is 6.91. The Balaban J connectivity index is 1.65. The molecule has 3 aromatic rings. The van der Waals surface area contributed by atoms with E-state index >= 15 is 0 Å². The van der Waals surface area contributed by atoms with Crippen molar-refractivity contribution in [3.05, 3.63) is 66.5 Å². The van der Waals surface area contributed by atoms with E-state index in [9.17, 15) is 4.79 Å². The first kappa shape index (κ1) is 19.2. The molecule has 5 nitrogen and oxygen atoms in total. The molecule has 5 heteroatoms. The number of rotatable bonds is 7. The van der Waals surface area contributed by atoms with Gasteiger partial charge in [0.15, 0.2) is 5.82 Å². The number of ether oxygens (including phenoxy) is 1. The van der Waals surface area contributed by atoms with Crippen LogP contribution in [0.3, 0.4) is 0 Å². The number of hydrogen-bond donors (Lipinski definition) is 0. The van der Waals surface area contributed by atoms with Crippen molar-refractivity contribution >= 4 is 5.97 Å². The third kappa shape index (κ3) is 5.01. The van der Waals surface area contributed by atoms with Crippen LogP contribution >= 0.6 is 0 Å². The van der Waals surface area contributed by atoms with Crippen molar-refractivity contribution < 1.29 is 9.53 Å². The molecule has 0 atom stereocenters. The lowest BCUT2D eigenvalue weighted by Crippen LogP contribution is -2.07. The topological polar surface area (TPSA) is 75.9 Å². The van der Waals surface area contributed by atoms with Crippen LogP contribution in [0.5, 0.6) is 5.75 Å². The fourth-order valence-electron chi connectivity index (χ4n) is 2.74. The van der Waals surface area contributed by atoms with Crippen molar-refractivity contribution in [3.63, 3.8) is 0 Å². The Morgan fingerprint density at radius 2 is 1.57 bits per heavy atom. The molecule has 0 aliphatic carbocycles. The molecule has 1 aromatic heterocycles. The van der Waals surface area contributed by atoms with Gasteiger partial charge >= 0.3 is 5.97 Å². The summed E-state index contributed by atoms with van der Waals surface area (Å²) in [6.45, 7) is 2.10. The Morgan fingerprint density at radius 1 is 0.929 bits per heavy atom. The molecule has 0 unspecified atom stereocenters. The van der Waals surface area contributed by atoms with Crippen molar-refractivity contribution in [2.75, 3.05) is 0 Å². The van der Waals surface area contributed by atoms with Crippen molar-refractivity contribution in [1.29, 1.82) is 5.26 Å². The van der Waals surface area contributed by atoms with E-state index in [0.29, 0.717) is 23.6 Å². The van der Waals surface area contributed by atoms with Crippen LogP contribution in [0.15, 0.2) is 60.9 Å². The maximum atomic E-state index is 11.8. The number of carbonyl (C=O) groups is 1. The maximum absolute atomic E-state index is 11.8. The van der Waals surface area contributed by atoms with Crippen LogP contribution in [0, 0.1) is 11.3 Å². The van der Waals surface area contributed by atoms with Crippen molar-refractivity contribution in [3.8, 4) is 34.3 Å². The summed E-state index contributed by atoms with van der Waals surface area (Å²) in [5.41, 5.74) is 3.30. The minimum Gasteiger partial charge on any atom is -0.427 e. The average Bonchev–Trinajstić information content (AvgIpc) is 2.75. The van der Waals surface area contributed by atoms with Gasteiger partial charge < -0.3 is 4.74 Å². The quantitative estimate of drug-likeness (QED) is 0.325. The molecule has 28 heavy (non-hydrogen) atoms. The number of esters is 1. The molecular weight excluding hydrogens is 350 g/mol. The summed E-state index contributed by atoms with van der Waals surface area (Å²) in [5.74, 6) is 0.918. The van der Waals surface area contributed by atoms with Gasteiger partial charge in [-0.05, 0) is 48.4 Å². The lowest BCUT2D eigenvalue weighted by atomic mass is 10.1. The molecule has 2 aromatic carbocycles. The monoisotopic (exact) mass is 371 g/mol. The zero-order valence-electron chi connectivity index (χ0n) is 15.8. The Kier molecular flexibility index (Phi) is 6.48. The molecule has 0 saturated carbocycles. The highest BCUT2D eigenvalue weighted by atomic mass is 16.5. The van der Waals surface area contributed by atoms with E-state index in [2.05, 4.69) is 23.0 Å². The summed E-state index contributed by atoms with van der Waals surface area (Å²) in [4.78, 5) is 20.6. The van der Waals surface area contributed by atoms with E-state index < -0.39 is 0 Å². The number of nitriles is 1. The summed E-state index contributed by atoms with van der Waals surface area (Å²) >= 11 is 0. The third-order valence-electron chi connectivity index (χ3n) is 4.33. The number of aromatic nitrogens is 2. The Morgan fingerprint density at radius 3 is 2.18 bits per heavy atom. The highest BCUT2D eigenvalue weighted by Gasteiger charge is 2.07. The lowest BCUT2D eigenvalue weighted by molar-refractivity contribution is -0.134. The van der Waals surface area contributed by atoms with Gasteiger partial charge in [-0.15, -0.1) is 0 Å². The van der Waals surface area contributed by atoms with Gasteiger partial charge in [0.05, 0.1) is 11.6 Å². The van der Waals surface area contributed by atoms with Crippen molar-refractivity contribution in [2.24, 2.45) is 0 Å². The number of carbonyl (C=O) groups excluding carboxylic acids is 1. The maximum Gasteiger partial charge on any atom is 0.311 e. The summed E-state index contributed by atoms with van der Waals surface area (Å²) in [5, 5.41) is 8.88. The molecule has 0 saturated heterocycles. The molecule has 0 aliphatic rings. The van der Waals surface area contributed by atoms with Crippen LogP contribution in [0.4, 0.5) is 0 Å².